The van der Waals surface area contributed by atoms with Crippen molar-refractivity contribution in [2.24, 2.45) is 5.92 Å². The molecule has 0 spiro atoms. The van der Waals surface area contributed by atoms with Gasteiger partial charge in [0, 0.05) is 12.5 Å². The molecular formula is C12H16N4O. The highest BCUT2D eigenvalue weighted by atomic mass is 16.1. The van der Waals surface area contributed by atoms with Crippen LogP contribution in [0.25, 0.3) is 5.65 Å². The zero-order chi connectivity index (χ0) is 11.7. The second-order valence-corrected chi connectivity index (χ2v) is 4.64. The van der Waals surface area contributed by atoms with E-state index in [-0.39, 0.29) is 5.56 Å². The van der Waals surface area contributed by atoms with E-state index in [0.717, 1.165) is 31.0 Å². The monoisotopic (exact) mass is 232 g/mol. The van der Waals surface area contributed by atoms with Gasteiger partial charge in [-0.05, 0) is 37.9 Å². The lowest BCUT2D eigenvalue weighted by atomic mass is 9.96. The van der Waals surface area contributed by atoms with Gasteiger partial charge in [0.1, 0.15) is 11.5 Å². The lowest BCUT2D eigenvalue weighted by molar-refractivity contribution is 0.369. The van der Waals surface area contributed by atoms with Crippen LogP contribution < -0.4 is 10.9 Å². The summed E-state index contributed by atoms with van der Waals surface area (Å²) in [5.41, 5.74) is 0.770. The number of aromatic nitrogens is 3. The average Bonchev–Trinajstić information content (AvgIpc) is 2.75. The first-order valence-corrected chi connectivity index (χ1v) is 6.10. The van der Waals surface area contributed by atoms with Crippen molar-refractivity contribution in [3.63, 3.8) is 0 Å². The fourth-order valence-corrected chi connectivity index (χ4v) is 2.51. The van der Waals surface area contributed by atoms with Crippen LogP contribution in [0.15, 0.2) is 23.0 Å². The maximum atomic E-state index is 11.8. The molecule has 0 aromatic carbocycles. The van der Waals surface area contributed by atoms with Crippen molar-refractivity contribution < 1.29 is 0 Å². The molecule has 2 aromatic rings. The quantitative estimate of drug-likeness (QED) is 0.795. The van der Waals surface area contributed by atoms with Gasteiger partial charge in [0.25, 0.3) is 5.56 Å². The predicted octanol–water partition coefficient (Wildman–Crippen LogP) is 0.565. The van der Waals surface area contributed by atoms with Gasteiger partial charge < -0.3 is 5.32 Å². The van der Waals surface area contributed by atoms with Crippen molar-refractivity contribution >= 4 is 5.65 Å². The molecule has 1 aliphatic rings. The highest BCUT2D eigenvalue weighted by molar-refractivity contribution is 5.37. The Morgan fingerprint density at radius 1 is 1.47 bits per heavy atom. The number of hydrogen-bond acceptors (Lipinski definition) is 3. The van der Waals surface area contributed by atoms with Gasteiger partial charge >= 0.3 is 0 Å². The minimum Gasteiger partial charge on any atom is -0.316 e. The van der Waals surface area contributed by atoms with Crippen LogP contribution in [-0.4, -0.2) is 27.7 Å². The van der Waals surface area contributed by atoms with Crippen LogP contribution in [0.3, 0.4) is 0 Å². The van der Waals surface area contributed by atoms with Crippen molar-refractivity contribution in [2.45, 2.75) is 19.3 Å². The third kappa shape index (κ3) is 1.98. The molecule has 0 bridgehead atoms. The first-order chi connectivity index (χ1) is 8.34. The number of pyridine rings is 1. The van der Waals surface area contributed by atoms with Crippen molar-refractivity contribution in [3.05, 3.63) is 34.4 Å². The van der Waals surface area contributed by atoms with Gasteiger partial charge in [-0.2, -0.15) is 5.10 Å². The standard InChI is InChI=1S/C12H16N4O/c17-12-5-1-4-10-14-15-11(16(10)12)7-9-3-2-6-13-8-9/h1,4-5,9,13-14H,2-3,6-8H2. The third-order valence-corrected chi connectivity index (χ3v) is 3.38. The Hall–Kier alpha value is -1.62. The van der Waals surface area contributed by atoms with Crippen LogP contribution in [0.2, 0.25) is 0 Å². The molecule has 0 radical (unpaired) electrons. The van der Waals surface area contributed by atoms with E-state index in [0.29, 0.717) is 5.92 Å². The average molecular weight is 232 g/mol. The van der Waals surface area contributed by atoms with E-state index in [2.05, 4.69) is 15.5 Å². The number of fused-ring (bicyclic) bond motifs is 1. The molecule has 1 fully saturated rings. The molecule has 0 amide bonds. The molecule has 1 saturated heterocycles. The molecule has 5 heteroatoms. The van der Waals surface area contributed by atoms with Crippen molar-refractivity contribution in [2.75, 3.05) is 13.1 Å². The van der Waals surface area contributed by atoms with E-state index < -0.39 is 0 Å². The van der Waals surface area contributed by atoms with Gasteiger partial charge in [0.05, 0.1) is 0 Å². The Kier molecular flexibility index (Phi) is 2.68. The van der Waals surface area contributed by atoms with Crippen molar-refractivity contribution in [3.8, 4) is 0 Å². The van der Waals surface area contributed by atoms with Crippen LogP contribution in [0.4, 0.5) is 0 Å². The molecule has 3 rings (SSSR count). The number of aromatic amines is 1. The SMILES string of the molecule is O=c1cccc2[nH]nc(CC3CCCNC3)n12. The van der Waals surface area contributed by atoms with Crippen LogP contribution in [-0.2, 0) is 6.42 Å². The summed E-state index contributed by atoms with van der Waals surface area (Å²) in [6.07, 6.45) is 3.28. The summed E-state index contributed by atoms with van der Waals surface area (Å²) in [6, 6.07) is 5.20. The maximum absolute atomic E-state index is 11.8. The van der Waals surface area contributed by atoms with E-state index in [1.807, 2.05) is 6.07 Å². The van der Waals surface area contributed by atoms with Crippen molar-refractivity contribution in [1.82, 2.24) is 19.9 Å². The number of piperidine rings is 1. The van der Waals surface area contributed by atoms with Crippen LogP contribution in [0, 0.1) is 5.92 Å². The number of H-pyrrole nitrogens is 1. The second-order valence-electron chi connectivity index (χ2n) is 4.64. The minimum absolute atomic E-state index is 0.00461. The molecule has 5 nitrogen and oxygen atoms in total. The molecular weight excluding hydrogens is 216 g/mol. The lowest BCUT2D eigenvalue weighted by Gasteiger charge is -2.21. The van der Waals surface area contributed by atoms with E-state index in [1.165, 1.54) is 12.8 Å². The van der Waals surface area contributed by atoms with Crippen LogP contribution in [0.5, 0.6) is 0 Å². The summed E-state index contributed by atoms with van der Waals surface area (Å²) in [6.45, 7) is 2.13. The smallest absolute Gasteiger partial charge is 0.257 e. The molecule has 2 aromatic heterocycles. The Morgan fingerprint density at radius 3 is 3.24 bits per heavy atom. The zero-order valence-corrected chi connectivity index (χ0v) is 9.65. The fraction of sp³-hybridized carbons (Fsp3) is 0.500. The molecule has 3 heterocycles. The summed E-state index contributed by atoms with van der Waals surface area (Å²) in [7, 11) is 0. The maximum Gasteiger partial charge on any atom is 0.257 e. The molecule has 17 heavy (non-hydrogen) atoms. The Balaban J connectivity index is 1.92. The van der Waals surface area contributed by atoms with Gasteiger partial charge in [0.2, 0.25) is 0 Å². The van der Waals surface area contributed by atoms with Gasteiger partial charge in [0.15, 0.2) is 0 Å². The Labute approximate surface area is 98.9 Å². The van der Waals surface area contributed by atoms with Gasteiger partial charge in [-0.25, -0.2) is 4.40 Å². The molecule has 0 aliphatic carbocycles. The Morgan fingerprint density at radius 2 is 2.41 bits per heavy atom. The van der Waals surface area contributed by atoms with E-state index >= 15 is 0 Å². The molecule has 0 saturated carbocycles. The second kappa shape index (κ2) is 4.33. The van der Waals surface area contributed by atoms with Crippen molar-refractivity contribution in [1.29, 1.82) is 0 Å². The number of rotatable bonds is 2. The minimum atomic E-state index is -0.00461. The molecule has 2 N–H and O–H groups in total. The van der Waals surface area contributed by atoms with Gasteiger partial charge in [-0.15, -0.1) is 0 Å². The summed E-state index contributed by atoms with van der Waals surface area (Å²) < 4.78 is 1.68. The first kappa shape index (κ1) is 10.5. The zero-order valence-electron chi connectivity index (χ0n) is 9.65. The molecule has 90 valence electrons. The van der Waals surface area contributed by atoms with E-state index in [1.54, 1.807) is 16.5 Å². The van der Waals surface area contributed by atoms with Crippen LogP contribution >= 0.6 is 0 Å². The van der Waals surface area contributed by atoms with E-state index in [4.69, 9.17) is 0 Å². The van der Waals surface area contributed by atoms with Gasteiger partial charge in [-0.3, -0.25) is 9.89 Å². The van der Waals surface area contributed by atoms with Gasteiger partial charge in [-0.1, -0.05) is 6.07 Å². The highest BCUT2D eigenvalue weighted by Gasteiger charge is 2.16. The largest absolute Gasteiger partial charge is 0.316 e. The lowest BCUT2D eigenvalue weighted by Crippen LogP contribution is -2.31. The highest BCUT2D eigenvalue weighted by Crippen LogP contribution is 2.15. The fourth-order valence-electron chi connectivity index (χ4n) is 2.51. The third-order valence-electron chi connectivity index (χ3n) is 3.38. The van der Waals surface area contributed by atoms with E-state index in [9.17, 15) is 4.79 Å². The number of nitrogens with zero attached hydrogens (tertiary/aromatic N) is 2. The first-order valence-electron chi connectivity index (χ1n) is 6.10. The normalized spacial score (nSPS) is 20.8. The molecule has 1 aliphatic heterocycles. The number of hydrogen-bond donors (Lipinski definition) is 2. The predicted molar refractivity (Wildman–Crippen MR) is 65.1 cm³/mol. The summed E-state index contributed by atoms with van der Waals surface area (Å²) in [4.78, 5) is 11.8. The molecule has 1 atom stereocenters. The van der Waals surface area contributed by atoms with Crippen LogP contribution in [0.1, 0.15) is 18.7 Å². The summed E-state index contributed by atoms with van der Waals surface area (Å²) in [5, 5.41) is 10.6. The molecule has 1 unspecified atom stereocenters. The topological polar surface area (TPSA) is 62.2 Å². The summed E-state index contributed by atoms with van der Waals surface area (Å²) in [5.74, 6) is 1.43. The Bertz CT molecular complexity index is 565. The summed E-state index contributed by atoms with van der Waals surface area (Å²) >= 11 is 0. The number of nitrogens with one attached hydrogen (secondary N) is 2.